The summed E-state index contributed by atoms with van der Waals surface area (Å²) in [6.45, 7) is 7.28. The zero-order valence-corrected chi connectivity index (χ0v) is 10.7. The van der Waals surface area contributed by atoms with E-state index in [4.69, 9.17) is 4.74 Å². The summed E-state index contributed by atoms with van der Waals surface area (Å²) in [4.78, 5) is 23.0. The van der Waals surface area contributed by atoms with E-state index in [0.717, 1.165) is 25.7 Å². The van der Waals surface area contributed by atoms with Crippen molar-refractivity contribution in [3.8, 4) is 0 Å². The smallest absolute Gasteiger partial charge is 0.309 e. The summed E-state index contributed by atoms with van der Waals surface area (Å²) in [7, 11) is 0. The average Bonchev–Trinajstić information content (AvgIpc) is 2.15. The molecule has 1 aliphatic rings. The van der Waals surface area contributed by atoms with Crippen molar-refractivity contribution in [2.45, 2.75) is 59.0 Å². The minimum atomic E-state index is -0.408. The molecule has 0 aromatic rings. The van der Waals surface area contributed by atoms with Gasteiger partial charge < -0.3 is 4.74 Å². The topological polar surface area (TPSA) is 43.4 Å². The van der Waals surface area contributed by atoms with Crippen LogP contribution in [0.1, 0.15) is 53.4 Å². The van der Waals surface area contributed by atoms with E-state index in [9.17, 15) is 9.59 Å². The molecule has 92 valence electrons. The number of hydrogen-bond acceptors (Lipinski definition) is 3. The van der Waals surface area contributed by atoms with Crippen LogP contribution in [0.5, 0.6) is 0 Å². The van der Waals surface area contributed by atoms with Gasteiger partial charge in [-0.1, -0.05) is 0 Å². The van der Waals surface area contributed by atoms with E-state index >= 15 is 0 Å². The fourth-order valence-electron chi connectivity index (χ4n) is 2.12. The summed E-state index contributed by atoms with van der Waals surface area (Å²) >= 11 is 0. The SMILES string of the molecule is CC(=O)[C@H]1CC[C@@H](C(=O)OC(C)(C)C)CC1. The van der Waals surface area contributed by atoms with Crippen LogP contribution in [0.25, 0.3) is 0 Å². The van der Waals surface area contributed by atoms with Crippen LogP contribution in [0.4, 0.5) is 0 Å². The molecule has 3 heteroatoms. The lowest BCUT2D eigenvalue weighted by atomic mass is 9.80. The van der Waals surface area contributed by atoms with Gasteiger partial charge in [-0.3, -0.25) is 9.59 Å². The van der Waals surface area contributed by atoms with E-state index in [2.05, 4.69) is 0 Å². The molecule has 0 aromatic heterocycles. The molecule has 0 spiro atoms. The first-order valence-corrected chi connectivity index (χ1v) is 6.03. The number of hydrogen-bond donors (Lipinski definition) is 0. The molecule has 3 nitrogen and oxygen atoms in total. The van der Waals surface area contributed by atoms with Crippen LogP contribution in [0.2, 0.25) is 0 Å². The quantitative estimate of drug-likeness (QED) is 0.680. The molecule has 0 radical (unpaired) electrons. The Labute approximate surface area is 97.5 Å². The molecule has 0 aromatic carbocycles. The molecule has 16 heavy (non-hydrogen) atoms. The van der Waals surface area contributed by atoms with Crippen LogP contribution in [0.3, 0.4) is 0 Å². The molecule has 0 N–H and O–H groups in total. The second kappa shape index (κ2) is 4.98. The highest BCUT2D eigenvalue weighted by Gasteiger charge is 2.31. The zero-order valence-electron chi connectivity index (χ0n) is 10.7. The maximum absolute atomic E-state index is 11.8. The Morgan fingerprint density at radius 3 is 1.81 bits per heavy atom. The summed E-state index contributed by atoms with van der Waals surface area (Å²) in [5.41, 5.74) is -0.408. The van der Waals surface area contributed by atoms with Crippen molar-refractivity contribution >= 4 is 11.8 Å². The summed E-state index contributed by atoms with van der Waals surface area (Å²) in [5.74, 6) is 0.311. The van der Waals surface area contributed by atoms with E-state index in [1.54, 1.807) is 6.92 Å². The molecule has 0 unspecified atom stereocenters. The highest BCUT2D eigenvalue weighted by molar-refractivity contribution is 5.79. The normalized spacial score (nSPS) is 26.2. The van der Waals surface area contributed by atoms with E-state index < -0.39 is 5.60 Å². The fraction of sp³-hybridized carbons (Fsp3) is 0.846. The van der Waals surface area contributed by atoms with Crippen LogP contribution in [-0.4, -0.2) is 17.4 Å². The first-order valence-electron chi connectivity index (χ1n) is 6.03. The number of ketones is 1. The summed E-state index contributed by atoms with van der Waals surface area (Å²) < 4.78 is 5.35. The van der Waals surface area contributed by atoms with Crippen molar-refractivity contribution in [1.82, 2.24) is 0 Å². The molecule has 0 saturated heterocycles. The van der Waals surface area contributed by atoms with Gasteiger partial charge in [0.25, 0.3) is 0 Å². The predicted octanol–water partition coefficient (Wildman–Crippen LogP) is 2.72. The van der Waals surface area contributed by atoms with Crippen LogP contribution < -0.4 is 0 Å². The van der Waals surface area contributed by atoms with Crippen LogP contribution in [0, 0.1) is 11.8 Å². The van der Waals surface area contributed by atoms with Crippen molar-refractivity contribution < 1.29 is 14.3 Å². The molecular formula is C13H22O3. The highest BCUT2D eigenvalue weighted by Crippen LogP contribution is 2.30. The van der Waals surface area contributed by atoms with Gasteiger partial charge in [0, 0.05) is 5.92 Å². The van der Waals surface area contributed by atoms with Gasteiger partial charge in [0.2, 0.25) is 0 Å². The standard InChI is InChI=1S/C13H22O3/c1-9(14)10-5-7-11(8-6-10)12(15)16-13(2,3)4/h10-11H,5-8H2,1-4H3/t10-,11+. The van der Waals surface area contributed by atoms with E-state index in [0.29, 0.717) is 0 Å². The monoisotopic (exact) mass is 226 g/mol. The summed E-state index contributed by atoms with van der Waals surface area (Å²) in [6, 6.07) is 0. The van der Waals surface area contributed by atoms with Crippen LogP contribution >= 0.6 is 0 Å². The molecule has 1 aliphatic carbocycles. The van der Waals surface area contributed by atoms with Crippen molar-refractivity contribution in [2.75, 3.05) is 0 Å². The molecule has 0 amide bonds. The molecule has 1 saturated carbocycles. The highest BCUT2D eigenvalue weighted by atomic mass is 16.6. The maximum Gasteiger partial charge on any atom is 0.309 e. The molecule has 0 atom stereocenters. The van der Waals surface area contributed by atoms with Gasteiger partial charge in [-0.2, -0.15) is 0 Å². The number of ether oxygens (including phenoxy) is 1. The minimum absolute atomic E-state index is 0.00479. The lowest BCUT2D eigenvalue weighted by Crippen LogP contribution is -2.31. The Hall–Kier alpha value is -0.860. The summed E-state index contributed by atoms with van der Waals surface area (Å²) in [6.07, 6.45) is 3.25. The Morgan fingerprint density at radius 1 is 1.00 bits per heavy atom. The molecule has 0 aliphatic heterocycles. The number of rotatable bonds is 2. The number of Topliss-reactive ketones (excluding diaryl/α,β-unsaturated/α-hetero) is 1. The lowest BCUT2D eigenvalue weighted by molar-refractivity contribution is -0.161. The zero-order chi connectivity index (χ0) is 12.3. The molecule has 1 fully saturated rings. The maximum atomic E-state index is 11.8. The fourth-order valence-corrected chi connectivity index (χ4v) is 2.12. The van der Waals surface area contributed by atoms with Gasteiger partial charge in [0.15, 0.2) is 0 Å². The molecule has 1 rings (SSSR count). The summed E-state index contributed by atoms with van der Waals surface area (Å²) in [5, 5.41) is 0. The second-order valence-corrected chi connectivity index (χ2v) is 5.69. The molecule has 0 heterocycles. The van der Waals surface area contributed by atoms with Gasteiger partial charge in [0.1, 0.15) is 11.4 Å². The third-order valence-electron chi connectivity index (χ3n) is 3.04. The van der Waals surface area contributed by atoms with Crippen molar-refractivity contribution in [1.29, 1.82) is 0 Å². The lowest BCUT2D eigenvalue weighted by Gasteiger charge is -2.28. The Bertz CT molecular complexity index is 267. The Morgan fingerprint density at radius 2 is 1.44 bits per heavy atom. The average molecular weight is 226 g/mol. The second-order valence-electron chi connectivity index (χ2n) is 5.69. The van der Waals surface area contributed by atoms with Gasteiger partial charge in [-0.25, -0.2) is 0 Å². The van der Waals surface area contributed by atoms with Gasteiger partial charge in [-0.15, -0.1) is 0 Å². The Kier molecular flexibility index (Phi) is 4.11. The third kappa shape index (κ3) is 3.95. The van der Waals surface area contributed by atoms with Gasteiger partial charge in [-0.05, 0) is 53.4 Å². The minimum Gasteiger partial charge on any atom is -0.460 e. The van der Waals surface area contributed by atoms with Crippen molar-refractivity contribution in [3.05, 3.63) is 0 Å². The van der Waals surface area contributed by atoms with Crippen molar-refractivity contribution in [2.24, 2.45) is 11.8 Å². The van der Waals surface area contributed by atoms with E-state index in [1.165, 1.54) is 0 Å². The first-order chi connectivity index (χ1) is 7.29. The predicted molar refractivity (Wildman–Crippen MR) is 62.0 cm³/mol. The first kappa shape index (κ1) is 13.2. The number of esters is 1. The number of carbonyl (C=O) groups excluding carboxylic acids is 2. The van der Waals surface area contributed by atoms with E-state index in [1.807, 2.05) is 20.8 Å². The van der Waals surface area contributed by atoms with Crippen molar-refractivity contribution in [3.63, 3.8) is 0 Å². The number of carbonyl (C=O) groups is 2. The third-order valence-corrected chi connectivity index (χ3v) is 3.04. The molecular weight excluding hydrogens is 204 g/mol. The Balaban J connectivity index is 2.42. The van der Waals surface area contributed by atoms with Crippen LogP contribution in [0.15, 0.2) is 0 Å². The molecule has 0 bridgehead atoms. The van der Waals surface area contributed by atoms with Gasteiger partial charge >= 0.3 is 5.97 Å². The largest absolute Gasteiger partial charge is 0.460 e. The van der Waals surface area contributed by atoms with Crippen LogP contribution in [-0.2, 0) is 14.3 Å². The van der Waals surface area contributed by atoms with E-state index in [-0.39, 0.29) is 23.6 Å². The van der Waals surface area contributed by atoms with Gasteiger partial charge in [0.05, 0.1) is 5.92 Å².